The van der Waals surface area contributed by atoms with Crippen LogP contribution in [0.15, 0.2) is 18.2 Å². The Balaban J connectivity index is 2.50. The normalized spacial score (nSPS) is 11.0. The van der Waals surface area contributed by atoms with Gasteiger partial charge < -0.3 is 0 Å². The van der Waals surface area contributed by atoms with E-state index in [1.807, 2.05) is 0 Å². The van der Waals surface area contributed by atoms with Crippen molar-refractivity contribution in [3.05, 3.63) is 29.5 Å². The minimum Gasteiger partial charge on any atom is -0.278 e. The molecule has 0 aliphatic heterocycles. The van der Waals surface area contributed by atoms with Crippen LogP contribution in [0.4, 0.5) is 0 Å². The van der Waals surface area contributed by atoms with Gasteiger partial charge in [-0.2, -0.15) is 5.10 Å². The van der Waals surface area contributed by atoms with Crippen LogP contribution in [0, 0.1) is 0 Å². The summed E-state index contributed by atoms with van der Waals surface area (Å²) in [6, 6.07) is 6.58. The van der Waals surface area contributed by atoms with E-state index in [0.717, 1.165) is 18.4 Å². The Bertz CT molecular complexity index is 429. The van der Waals surface area contributed by atoms with Gasteiger partial charge in [-0.05, 0) is 30.5 Å². The molecule has 0 fully saturated rings. The summed E-state index contributed by atoms with van der Waals surface area (Å²) in [6.45, 7) is 4.35. The van der Waals surface area contributed by atoms with Crippen LogP contribution in [0.3, 0.4) is 0 Å². The maximum Gasteiger partial charge on any atom is 0.0698 e. The quantitative estimate of drug-likeness (QED) is 0.787. The highest BCUT2D eigenvalue weighted by atomic mass is 15.1. The van der Waals surface area contributed by atoms with Crippen LogP contribution in [0.1, 0.15) is 31.5 Å². The van der Waals surface area contributed by atoms with E-state index in [9.17, 15) is 0 Å². The number of hydrogen-bond acceptors (Lipinski definition) is 1. The first-order valence-electron chi connectivity index (χ1n) is 5.31. The number of benzene rings is 1. The summed E-state index contributed by atoms with van der Waals surface area (Å²) >= 11 is 0. The summed E-state index contributed by atoms with van der Waals surface area (Å²) in [4.78, 5) is 0. The molecule has 14 heavy (non-hydrogen) atoms. The third-order valence-electron chi connectivity index (χ3n) is 2.58. The van der Waals surface area contributed by atoms with E-state index in [-0.39, 0.29) is 0 Å². The van der Waals surface area contributed by atoms with Gasteiger partial charge in [0.1, 0.15) is 0 Å². The molecule has 2 aromatic rings. The van der Waals surface area contributed by atoms with Crippen molar-refractivity contribution in [3.63, 3.8) is 0 Å². The van der Waals surface area contributed by atoms with Crippen LogP contribution in [0.25, 0.3) is 10.9 Å². The highest BCUT2D eigenvalue weighted by Crippen LogP contribution is 2.18. The summed E-state index contributed by atoms with van der Waals surface area (Å²) in [6.07, 6.45) is 3.35. The molecule has 2 heteroatoms. The van der Waals surface area contributed by atoms with Crippen molar-refractivity contribution in [2.75, 3.05) is 0 Å². The molecule has 1 aromatic carbocycles. The minimum absolute atomic E-state index is 0.996. The second-order valence-electron chi connectivity index (χ2n) is 3.65. The predicted octanol–water partition coefficient (Wildman–Crippen LogP) is 3.08. The van der Waals surface area contributed by atoms with Gasteiger partial charge in [0.25, 0.3) is 0 Å². The Hall–Kier alpha value is -1.31. The number of hydrogen-bond donors (Lipinski definition) is 1. The maximum absolute atomic E-state index is 4.29. The average molecular weight is 188 g/mol. The zero-order valence-corrected chi connectivity index (χ0v) is 8.80. The fourth-order valence-corrected chi connectivity index (χ4v) is 1.83. The van der Waals surface area contributed by atoms with E-state index >= 15 is 0 Å². The second-order valence-corrected chi connectivity index (χ2v) is 3.65. The molecule has 2 nitrogen and oxygen atoms in total. The van der Waals surface area contributed by atoms with Crippen LogP contribution in [-0.2, 0) is 12.8 Å². The van der Waals surface area contributed by atoms with Crippen LogP contribution >= 0.6 is 0 Å². The van der Waals surface area contributed by atoms with Gasteiger partial charge in [0.2, 0.25) is 0 Å². The maximum atomic E-state index is 4.29. The van der Waals surface area contributed by atoms with Crippen molar-refractivity contribution in [2.45, 2.75) is 33.1 Å². The molecule has 1 N–H and O–H groups in total. The molecule has 0 amide bonds. The summed E-state index contributed by atoms with van der Waals surface area (Å²) < 4.78 is 0. The van der Waals surface area contributed by atoms with E-state index in [2.05, 4.69) is 42.2 Å². The highest BCUT2D eigenvalue weighted by Gasteiger charge is 2.03. The molecule has 74 valence electrons. The zero-order valence-electron chi connectivity index (χ0n) is 8.80. The molecule has 0 spiro atoms. The number of H-pyrrole nitrogens is 1. The summed E-state index contributed by atoms with van der Waals surface area (Å²) in [5.41, 5.74) is 3.75. The molecular formula is C12H16N2. The fourth-order valence-electron chi connectivity index (χ4n) is 1.83. The van der Waals surface area contributed by atoms with E-state index in [1.165, 1.54) is 23.1 Å². The molecule has 0 bridgehead atoms. The molecule has 1 aromatic heterocycles. The van der Waals surface area contributed by atoms with Gasteiger partial charge in [-0.25, -0.2) is 0 Å². The van der Waals surface area contributed by atoms with Crippen molar-refractivity contribution < 1.29 is 0 Å². The second kappa shape index (κ2) is 3.82. The van der Waals surface area contributed by atoms with Crippen LogP contribution in [0.5, 0.6) is 0 Å². The average Bonchev–Trinajstić information content (AvgIpc) is 2.60. The van der Waals surface area contributed by atoms with Crippen molar-refractivity contribution in [3.8, 4) is 0 Å². The Kier molecular flexibility index (Phi) is 2.53. The number of rotatable bonds is 3. The lowest BCUT2D eigenvalue weighted by molar-refractivity contribution is 0.923. The zero-order chi connectivity index (χ0) is 9.97. The first-order valence-corrected chi connectivity index (χ1v) is 5.31. The van der Waals surface area contributed by atoms with Crippen molar-refractivity contribution in [2.24, 2.45) is 0 Å². The van der Waals surface area contributed by atoms with E-state index < -0.39 is 0 Å². The molecule has 0 saturated heterocycles. The van der Waals surface area contributed by atoms with Gasteiger partial charge in [0.15, 0.2) is 0 Å². The van der Waals surface area contributed by atoms with Gasteiger partial charge >= 0.3 is 0 Å². The fraction of sp³-hybridized carbons (Fsp3) is 0.417. The van der Waals surface area contributed by atoms with Crippen LogP contribution in [-0.4, -0.2) is 10.2 Å². The number of fused-ring (bicyclic) bond motifs is 1. The number of aryl methyl sites for hydroxylation is 2. The summed E-state index contributed by atoms with van der Waals surface area (Å²) in [5, 5.41) is 8.64. The van der Waals surface area contributed by atoms with E-state index in [1.54, 1.807) is 0 Å². The summed E-state index contributed by atoms with van der Waals surface area (Å²) in [5.74, 6) is 0. The molecule has 0 atom stereocenters. The first-order chi connectivity index (χ1) is 6.85. The van der Waals surface area contributed by atoms with Gasteiger partial charge in [-0.15, -0.1) is 0 Å². The lowest BCUT2D eigenvalue weighted by Crippen LogP contribution is -1.84. The Morgan fingerprint density at radius 2 is 2.14 bits per heavy atom. The van der Waals surface area contributed by atoms with Crippen LogP contribution < -0.4 is 0 Å². The van der Waals surface area contributed by atoms with Crippen molar-refractivity contribution in [1.82, 2.24) is 10.2 Å². The third kappa shape index (κ3) is 1.52. The van der Waals surface area contributed by atoms with Gasteiger partial charge in [-0.3, -0.25) is 5.10 Å². The Morgan fingerprint density at radius 1 is 1.29 bits per heavy atom. The highest BCUT2D eigenvalue weighted by molar-refractivity contribution is 5.82. The lowest BCUT2D eigenvalue weighted by Gasteiger charge is -1.98. The SMILES string of the molecule is CCCc1ccc2[nH]nc(CC)c2c1. The molecular weight excluding hydrogens is 172 g/mol. The van der Waals surface area contributed by atoms with Gasteiger partial charge in [0, 0.05) is 5.39 Å². The smallest absolute Gasteiger partial charge is 0.0698 e. The number of aromatic amines is 1. The van der Waals surface area contributed by atoms with Gasteiger partial charge in [0.05, 0.1) is 11.2 Å². The predicted molar refractivity (Wildman–Crippen MR) is 59.5 cm³/mol. The monoisotopic (exact) mass is 188 g/mol. The van der Waals surface area contributed by atoms with Crippen molar-refractivity contribution in [1.29, 1.82) is 0 Å². The minimum atomic E-state index is 0.996. The van der Waals surface area contributed by atoms with Crippen molar-refractivity contribution >= 4 is 10.9 Å². The van der Waals surface area contributed by atoms with Gasteiger partial charge in [-0.1, -0.05) is 26.3 Å². The molecule has 0 unspecified atom stereocenters. The lowest BCUT2D eigenvalue weighted by atomic mass is 10.1. The van der Waals surface area contributed by atoms with E-state index in [4.69, 9.17) is 0 Å². The number of nitrogens with zero attached hydrogens (tertiary/aromatic N) is 1. The first kappa shape index (κ1) is 9.25. The molecule has 0 aliphatic carbocycles. The molecule has 1 heterocycles. The molecule has 0 aliphatic rings. The third-order valence-corrected chi connectivity index (χ3v) is 2.58. The van der Waals surface area contributed by atoms with E-state index in [0.29, 0.717) is 0 Å². The molecule has 0 saturated carbocycles. The topological polar surface area (TPSA) is 28.7 Å². The number of nitrogens with one attached hydrogen (secondary N) is 1. The largest absolute Gasteiger partial charge is 0.278 e. The van der Waals surface area contributed by atoms with Crippen LogP contribution in [0.2, 0.25) is 0 Å². The summed E-state index contributed by atoms with van der Waals surface area (Å²) in [7, 11) is 0. The number of aromatic nitrogens is 2. The standard InChI is InChI=1S/C12H16N2/c1-3-5-9-6-7-12-10(8-9)11(4-2)13-14-12/h6-8H,3-5H2,1-2H3,(H,13,14). The Labute approximate surface area is 84.3 Å². The molecule has 0 radical (unpaired) electrons. The Morgan fingerprint density at radius 3 is 2.86 bits per heavy atom. The molecule has 2 rings (SSSR count).